The van der Waals surface area contributed by atoms with Crippen LogP contribution in [0.5, 0.6) is 5.75 Å². The van der Waals surface area contributed by atoms with Crippen LogP contribution in [0.1, 0.15) is 48.7 Å². The molecule has 0 spiro atoms. The fourth-order valence-electron chi connectivity index (χ4n) is 3.61. The summed E-state index contributed by atoms with van der Waals surface area (Å²) in [7, 11) is 0. The van der Waals surface area contributed by atoms with Crippen molar-refractivity contribution in [3.8, 4) is 16.9 Å². The molecule has 0 N–H and O–H groups in total. The van der Waals surface area contributed by atoms with Gasteiger partial charge in [0.25, 0.3) is 0 Å². The van der Waals surface area contributed by atoms with Crippen LogP contribution in [-0.2, 0) is 6.61 Å². The van der Waals surface area contributed by atoms with Crippen LogP contribution in [0.15, 0.2) is 47.1 Å². The lowest BCUT2D eigenvalue weighted by Gasteiger charge is -2.13. The minimum absolute atomic E-state index is 0.223. The minimum atomic E-state index is -0.308. The summed E-state index contributed by atoms with van der Waals surface area (Å²) in [6.45, 7) is 2.15. The summed E-state index contributed by atoms with van der Waals surface area (Å²) in [6.07, 6.45) is 6.34. The van der Waals surface area contributed by atoms with Crippen molar-refractivity contribution in [2.24, 2.45) is 0 Å². The number of benzene rings is 2. The molecule has 1 fully saturated rings. The van der Waals surface area contributed by atoms with E-state index >= 15 is 0 Å². The summed E-state index contributed by atoms with van der Waals surface area (Å²) >= 11 is 6.36. The van der Waals surface area contributed by atoms with Gasteiger partial charge in [-0.05, 0) is 38.0 Å². The van der Waals surface area contributed by atoms with Gasteiger partial charge in [0.15, 0.2) is 5.89 Å². The average Bonchev–Trinajstić information content (AvgIpc) is 3.34. The van der Waals surface area contributed by atoms with E-state index < -0.39 is 0 Å². The number of rotatable bonds is 5. The Morgan fingerprint density at radius 3 is 2.81 bits per heavy atom. The second-order valence-electron chi connectivity index (χ2n) is 7.05. The number of nitrogens with zero attached hydrogens (tertiary/aromatic N) is 1. The summed E-state index contributed by atoms with van der Waals surface area (Å²) in [5, 5.41) is 0.438. The van der Waals surface area contributed by atoms with E-state index in [0.717, 1.165) is 24.3 Å². The average molecular weight is 386 g/mol. The van der Waals surface area contributed by atoms with Crippen molar-refractivity contribution in [2.45, 2.75) is 45.1 Å². The molecule has 140 valence electrons. The smallest absolute Gasteiger partial charge is 0.197 e. The Morgan fingerprint density at radius 2 is 2.00 bits per heavy atom. The zero-order chi connectivity index (χ0) is 18.8. The van der Waals surface area contributed by atoms with Crippen molar-refractivity contribution in [1.82, 2.24) is 4.98 Å². The zero-order valence-electron chi connectivity index (χ0n) is 15.2. The molecule has 3 nitrogen and oxygen atoms in total. The van der Waals surface area contributed by atoms with E-state index in [0.29, 0.717) is 33.5 Å². The van der Waals surface area contributed by atoms with Crippen molar-refractivity contribution < 1.29 is 13.5 Å². The molecule has 4 rings (SSSR count). The van der Waals surface area contributed by atoms with Gasteiger partial charge in [-0.3, -0.25) is 0 Å². The van der Waals surface area contributed by atoms with E-state index in [1.54, 1.807) is 30.5 Å². The molecule has 0 unspecified atom stereocenters. The molecule has 0 saturated heterocycles. The summed E-state index contributed by atoms with van der Waals surface area (Å²) in [5.74, 6) is 1.35. The Kier molecular flexibility index (Phi) is 5.17. The van der Waals surface area contributed by atoms with Crippen molar-refractivity contribution in [2.75, 3.05) is 0 Å². The highest BCUT2D eigenvalue weighted by atomic mass is 35.5. The molecule has 1 saturated carbocycles. The van der Waals surface area contributed by atoms with E-state index in [4.69, 9.17) is 20.8 Å². The van der Waals surface area contributed by atoms with Crippen molar-refractivity contribution in [1.29, 1.82) is 0 Å². The summed E-state index contributed by atoms with van der Waals surface area (Å²) in [4.78, 5) is 4.56. The number of hydrogen-bond donors (Lipinski definition) is 0. The number of para-hydroxylation sites is 1. The van der Waals surface area contributed by atoms with Gasteiger partial charge in [-0.2, -0.15) is 0 Å². The molecule has 1 aliphatic rings. The number of halogens is 2. The van der Waals surface area contributed by atoms with Gasteiger partial charge < -0.3 is 9.15 Å². The van der Waals surface area contributed by atoms with Crippen LogP contribution in [-0.4, -0.2) is 4.98 Å². The van der Waals surface area contributed by atoms with E-state index in [-0.39, 0.29) is 12.4 Å². The standard InChI is InChI=1S/C22H21ClFNO2/c1-14-9-10-20(24)18(11-14)17-7-4-8-19(23)21(17)26-12-16-13-27-22(25-16)15-5-2-3-6-15/h4,7-11,13,15H,2-3,5-6,12H2,1H3. The van der Waals surface area contributed by atoms with Crippen molar-refractivity contribution in [3.63, 3.8) is 0 Å². The Balaban J connectivity index is 1.58. The fourth-order valence-corrected chi connectivity index (χ4v) is 3.84. The second kappa shape index (κ2) is 7.73. The van der Waals surface area contributed by atoms with Crippen LogP contribution < -0.4 is 4.74 Å². The third-order valence-corrected chi connectivity index (χ3v) is 5.31. The summed E-state index contributed by atoms with van der Waals surface area (Å²) in [5.41, 5.74) is 2.78. The quantitative estimate of drug-likeness (QED) is 0.491. The highest BCUT2D eigenvalue weighted by Crippen LogP contribution is 2.38. The topological polar surface area (TPSA) is 35.3 Å². The summed E-state index contributed by atoms with van der Waals surface area (Å²) < 4.78 is 26.0. The molecule has 1 aliphatic carbocycles. The van der Waals surface area contributed by atoms with Crippen molar-refractivity contribution >= 4 is 11.6 Å². The largest absolute Gasteiger partial charge is 0.485 e. The van der Waals surface area contributed by atoms with E-state index in [9.17, 15) is 4.39 Å². The lowest BCUT2D eigenvalue weighted by molar-refractivity contribution is 0.302. The molecular weight excluding hydrogens is 365 g/mol. The Morgan fingerprint density at radius 1 is 1.19 bits per heavy atom. The highest BCUT2D eigenvalue weighted by molar-refractivity contribution is 6.32. The maximum Gasteiger partial charge on any atom is 0.197 e. The van der Waals surface area contributed by atoms with Crippen molar-refractivity contribution in [3.05, 3.63) is 70.6 Å². The van der Waals surface area contributed by atoms with E-state index in [2.05, 4.69) is 4.98 Å². The molecule has 27 heavy (non-hydrogen) atoms. The van der Waals surface area contributed by atoms with Crippen LogP contribution in [0.4, 0.5) is 4.39 Å². The lowest BCUT2D eigenvalue weighted by atomic mass is 10.0. The molecule has 0 radical (unpaired) electrons. The normalized spacial score (nSPS) is 14.6. The van der Waals surface area contributed by atoms with Gasteiger partial charge in [-0.15, -0.1) is 0 Å². The number of aryl methyl sites for hydroxylation is 1. The molecule has 0 aliphatic heterocycles. The lowest BCUT2D eigenvalue weighted by Crippen LogP contribution is -2.00. The third-order valence-electron chi connectivity index (χ3n) is 5.02. The highest BCUT2D eigenvalue weighted by Gasteiger charge is 2.22. The van der Waals surface area contributed by atoms with E-state index in [1.165, 1.54) is 18.9 Å². The first-order chi connectivity index (χ1) is 13.1. The number of hydrogen-bond acceptors (Lipinski definition) is 3. The first-order valence-electron chi connectivity index (χ1n) is 9.24. The molecule has 1 aromatic heterocycles. The molecule has 3 aromatic rings. The first-order valence-corrected chi connectivity index (χ1v) is 9.62. The monoisotopic (exact) mass is 385 g/mol. The van der Waals surface area contributed by atoms with Crippen LogP contribution in [0.25, 0.3) is 11.1 Å². The Bertz CT molecular complexity index is 947. The fraction of sp³-hybridized carbons (Fsp3) is 0.318. The molecule has 2 aromatic carbocycles. The minimum Gasteiger partial charge on any atom is -0.485 e. The number of oxazole rings is 1. The molecule has 1 heterocycles. The first kappa shape index (κ1) is 18.1. The molecule has 0 bridgehead atoms. The summed E-state index contributed by atoms with van der Waals surface area (Å²) in [6, 6.07) is 10.3. The Labute approximate surface area is 163 Å². The van der Waals surface area contributed by atoms with Gasteiger partial charge in [0.2, 0.25) is 0 Å². The van der Waals surface area contributed by atoms with E-state index in [1.807, 2.05) is 13.0 Å². The molecule has 5 heteroatoms. The molecular formula is C22H21ClFNO2. The van der Waals surface area contributed by atoms with Crippen LogP contribution in [0.2, 0.25) is 5.02 Å². The van der Waals surface area contributed by atoms with Gasteiger partial charge >= 0.3 is 0 Å². The van der Waals surface area contributed by atoms with Crippen LogP contribution in [0, 0.1) is 12.7 Å². The van der Waals surface area contributed by atoms with Gasteiger partial charge in [0.05, 0.1) is 5.02 Å². The predicted molar refractivity (Wildman–Crippen MR) is 104 cm³/mol. The number of ether oxygens (including phenoxy) is 1. The van der Waals surface area contributed by atoms with Gasteiger partial charge in [-0.1, -0.05) is 48.2 Å². The van der Waals surface area contributed by atoms with Gasteiger partial charge in [0.1, 0.15) is 30.1 Å². The molecule has 0 atom stereocenters. The van der Waals surface area contributed by atoms with Crippen LogP contribution >= 0.6 is 11.6 Å². The zero-order valence-corrected chi connectivity index (χ0v) is 15.9. The maximum atomic E-state index is 14.4. The van der Waals surface area contributed by atoms with Crippen LogP contribution in [0.3, 0.4) is 0 Å². The van der Waals surface area contributed by atoms with Gasteiger partial charge in [-0.25, -0.2) is 9.37 Å². The van der Waals surface area contributed by atoms with Gasteiger partial charge in [0, 0.05) is 17.0 Å². The third kappa shape index (κ3) is 3.86. The molecule has 0 amide bonds. The Hall–Kier alpha value is -2.33. The second-order valence-corrected chi connectivity index (χ2v) is 7.45. The number of aromatic nitrogens is 1. The SMILES string of the molecule is Cc1ccc(F)c(-c2cccc(Cl)c2OCc2coc(C3CCCC3)n2)c1. The predicted octanol–water partition coefficient (Wildman–Crippen LogP) is 6.68. The maximum absolute atomic E-state index is 14.4.